The van der Waals surface area contributed by atoms with Crippen molar-refractivity contribution in [3.63, 3.8) is 0 Å². The molecule has 0 radical (unpaired) electrons. The Morgan fingerprint density at radius 2 is 1.66 bits per heavy atom. The highest BCUT2D eigenvalue weighted by Gasteiger charge is 2.61. The molecule has 5 nitrogen and oxygen atoms in total. The van der Waals surface area contributed by atoms with E-state index in [-0.39, 0.29) is 29.1 Å². The smallest absolute Gasteiger partial charge is 0.233 e. The molecule has 2 atom stereocenters. The number of carbonyl (C=O) groups excluding carboxylic acids is 2. The molecule has 0 bridgehead atoms. The first-order valence-corrected chi connectivity index (χ1v) is 14.9. The Labute approximate surface area is 251 Å². The summed E-state index contributed by atoms with van der Waals surface area (Å²) >= 11 is 12.6. The van der Waals surface area contributed by atoms with E-state index in [0.29, 0.717) is 16.6 Å². The Hall–Kier alpha value is -2.93. The van der Waals surface area contributed by atoms with Crippen LogP contribution in [0.5, 0.6) is 0 Å². The molecule has 3 aromatic rings. The molecule has 5 rings (SSSR count). The first-order chi connectivity index (χ1) is 19.6. The average molecular weight is 597 g/mol. The first-order valence-electron chi connectivity index (χ1n) is 14.2. The summed E-state index contributed by atoms with van der Waals surface area (Å²) in [4.78, 5) is 30.3. The van der Waals surface area contributed by atoms with E-state index in [0.717, 1.165) is 62.0 Å². The zero-order valence-corrected chi connectivity index (χ0v) is 25.0. The van der Waals surface area contributed by atoms with Crippen LogP contribution in [-0.4, -0.2) is 48.3 Å². The Bertz CT molecular complexity index is 1390. The van der Waals surface area contributed by atoms with Crippen LogP contribution in [0.3, 0.4) is 0 Å². The Morgan fingerprint density at radius 1 is 0.976 bits per heavy atom. The Kier molecular flexibility index (Phi) is 8.74. The number of nitrogens with one attached hydrogen (secondary N) is 1. The molecule has 0 spiro atoms. The normalized spacial score (nSPS) is 21.7. The second kappa shape index (κ2) is 12.1. The molecule has 1 heterocycles. The number of amides is 2. The van der Waals surface area contributed by atoms with Gasteiger partial charge < -0.3 is 15.1 Å². The van der Waals surface area contributed by atoms with E-state index in [9.17, 15) is 14.0 Å². The number of likely N-dealkylation sites (tertiary alicyclic amines) is 1. The van der Waals surface area contributed by atoms with Crippen molar-refractivity contribution in [3.05, 3.63) is 105 Å². The SMILES string of the molecule is CC(=O)NC1(c2ccccc2)CCN(CC[C@H]2C[C@@]2(C(=O)N(C)Cc2ccc(F)cc2)c2ccc(Cl)c(Cl)c2)CC1. The van der Waals surface area contributed by atoms with E-state index < -0.39 is 5.41 Å². The molecule has 1 aliphatic carbocycles. The summed E-state index contributed by atoms with van der Waals surface area (Å²) in [6.45, 7) is 4.57. The van der Waals surface area contributed by atoms with Gasteiger partial charge in [-0.1, -0.05) is 71.7 Å². The number of halogens is 3. The summed E-state index contributed by atoms with van der Waals surface area (Å²) < 4.78 is 13.4. The van der Waals surface area contributed by atoms with Crippen LogP contribution in [0.15, 0.2) is 72.8 Å². The molecule has 1 aliphatic heterocycles. The zero-order valence-electron chi connectivity index (χ0n) is 23.5. The molecule has 1 saturated carbocycles. The van der Waals surface area contributed by atoms with Crippen molar-refractivity contribution in [2.24, 2.45) is 5.92 Å². The second-order valence-electron chi connectivity index (χ2n) is 11.5. The molecule has 1 N–H and O–H groups in total. The minimum absolute atomic E-state index is 0.0186. The standard InChI is InChI=1S/C33H36Cl2FN3O2/c1-23(40)37-32(25-6-4-3-5-7-25)15-18-39(19-16-32)17-14-27-21-33(27,26-10-13-29(34)30(35)20-26)31(41)38(2)22-24-8-11-28(36)12-9-24/h3-13,20,27H,14-19,21-22H2,1-2H3,(H,37,40)/t27-,33+/m0/s1. The molecule has 216 valence electrons. The minimum atomic E-state index is -0.664. The number of hydrogen-bond donors (Lipinski definition) is 1. The maximum absolute atomic E-state index is 14.0. The van der Waals surface area contributed by atoms with Crippen molar-refractivity contribution in [3.8, 4) is 0 Å². The van der Waals surface area contributed by atoms with Gasteiger partial charge in [0.15, 0.2) is 0 Å². The topological polar surface area (TPSA) is 52.7 Å². The fraction of sp³-hybridized carbons (Fsp3) is 0.394. The summed E-state index contributed by atoms with van der Waals surface area (Å²) in [5.41, 5.74) is 1.89. The fourth-order valence-corrected chi connectivity index (χ4v) is 6.84. The monoisotopic (exact) mass is 595 g/mol. The third-order valence-corrected chi connectivity index (χ3v) is 9.59. The third kappa shape index (κ3) is 6.30. The van der Waals surface area contributed by atoms with Gasteiger partial charge in [-0.15, -0.1) is 0 Å². The largest absolute Gasteiger partial charge is 0.347 e. The van der Waals surface area contributed by atoms with Crippen LogP contribution in [0.1, 0.15) is 49.3 Å². The van der Waals surface area contributed by atoms with E-state index in [1.165, 1.54) is 12.1 Å². The minimum Gasteiger partial charge on any atom is -0.347 e. The van der Waals surface area contributed by atoms with Crippen LogP contribution >= 0.6 is 23.2 Å². The van der Waals surface area contributed by atoms with Gasteiger partial charge in [0.05, 0.1) is 21.0 Å². The van der Waals surface area contributed by atoms with Crippen LogP contribution in [0.25, 0.3) is 0 Å². The van der Waals surface area contributed by atoms with Crippen LogP contribution in [0, 0.1) is 11.7 Å². The molecular weight excluding hydrogens is 560 g/mol. The maximum atomic E-state index is 14.0. The maximum Gasteiger partial charge on any atom is 0.233 e. The average Bonchev–Trinajstić information content (AvgIpc) is 3.70. The summed E-state index contributed by atoms with van der Waals surface area (Å²) in [5, 5.41) is 4.15. The lowest BCUT2D eigenvalue weighted by Crippen LogP contribution is -2.52. The Morgan fingerprint density at radius 3 is 2.29 bits per heavy atom. The van der Waals surface area contributed by atoms with E-state index in [1.54, 1.807) is 37.1 Å². The van der Waals surface area contributed by atoms with Gasteiger partial charge in [-0.25, -0.2) is 4.39 Å². The number of likely N-dealkylation sites (N-methyl/N-ethyl adjacent to an activating group) is 1. The van der Waals surface area contributed by atoms with Gasteiger partial charge in [0.25, 0.3) is 0 Å². The molecule has 41 heavy (non-hydrogen) atoms. The number of carbonyl (C=O) groups is 2. The number of piperidine rings is 1. The van der Waals surface area contributed by atoms with Crippen LogP contribution in [0.2, 0.25) is 10.0 Å². The third-order valence-electron chi connectivity index (χ3n) is 8.85. The van der Waals surface area contributed by atoms with Crippen molar-refractivity contribution < 1.29 is 14.0 Å². The molecule has 1 saturated heterocycles. The predicted molar refractivity (Wildman–Crippen MR) is 161 cm³/mol. The van der Waals surface area contributed by atoms with Gasteiger partial charge in [-0.2, -0.15) is 0 Å². The van der Waals surface area contributed by atoms with E-state index in [1.807, 2.05) is 30.3 Å². The fourth-order valence-electron chi connectivity index (χ4n) is 6.54. The lowest BCUT2D eigenvalue weighted by molar-refractivity contribution is -0.133. The van der Waals surface area contributed by atoms with Crippen molar-refractivity contribution >= 4 is 35.0 Å². The summed E-state index contributed by atoms with van der Waals surface area (Å²) in [6, 6.07) is 22.0. The first kappa shape index (κ1) is 29.6. The summed E-state index contributed by atoms with van der Waals surface area (Å²) in [6.07, 6.45) is 3.27. The summed E-state index contributed by atoms with van der Waals surface area (Å²) in [5.74, 6) is -0.111. The molecule has 0 aromatic heterocycles. The predicted octanol–water partition coefficient (Wildman–Crippen LogP) is 6.57. The van der Waals surface area contributed by atoms with E-state index in [4.69, 9.17) is 23.2 Å². The van der Waals surface area contributed by atoms with Crippen molar-refractivity contribution in [1.82, 2.24) is 15.1 Å². The van der Waals surface area contributed by atoms with Gasteiger partial charge in [-0.3, -0.25) is 9.59 Å². The van der Waals surface area contributed by atoms with Crippen molar-refractivity contribution in [2.75, 3.05) is 26.7 Å². The van der Waals surface area contributed by atoms with E-state index >= 15 is 0 Å². The highest BCUT2D eigenvalue weighted by Crippen LogP contribution is 2.58. The van der Waals surface area contributed by atoms with Gasteiger partial charge in [0.1, 0.15) is 5.82 Å². The van der Waals surface area contributed by atoms with Gasteiger partial charge >= 0.3 is 0 Å². The van der Waals surface area contributed by atoms with Gasteiger partial charge in [-0.05, 0) is 79.1 Å². The Balaban J connectivity index is 1.28. The quantitative estimate of drug-likeness (QED) is 0.304. The number of benzene rings is 3. The molecule has 3 aromatic carbocycles. The zero-order chi connectivity index (χ0) is 29.2. The molecular formula is C33H36Cl2FN3O2. The number of nitrogens with zero attached hydrogens (tertiary/aromatic N) is 2. The van der Waals surface area contributed by atoms with Crippen LogP contribution < -0.4 is 5.32 Å². The number of hydrogen-bond acceptors (Lipinski definition) is 3. The van der Waals surface area contributed by atoms with Gasteiger partial charge in [0, 0.05) is 33.6 Å². The molecule has 2 amide bonds. The lowest BCUT2D eigenvalue weighted by atomic mass is 9.80. The molecule has 0 unspecified atom stereocenters. The lowest BCUT2D eigenvalue weighted by Gasteiger charge is -2.43. The molecule has 2 fully saturated rings. The van der Waals surface area contributed by atoms with Crippen LogP contribution in [0.4, 0.5) is 4.39 Å². The van der Waals surface area contributed by atoms with E-state index in [2.05, 4.69) is 22.3 Å². The van der Waals surface area contributed by atoms with Crippen molar-refractivity contribution in [2.45, 2.75) is 50.1 Å². The van der Waals surface area contributed by atoms with Crippen LogP contribution in [-0.2, 0) is 27.1 Å². The highest BCUT2D eigenvalue weighted by molar-refractivity contribution is 6.42. The summed E-state index contributed by atoms with van der Waals surface area (Å²) in [7, 11) is 1.80. The highest BCUT2D eigenvalue weighted by atomic mass is 35.5. The van der Waals surface area contributed by atoms with Crippen molar-refractivity contribution in [1.29, 1.82) is 0 Å². The van der Waals surface area contributed by atoms with Gasteiger partial charge in [0.2, 0.25) is 11.8 Å². The number of rotatable bonds is 9. The second-order valence-corrected chi connectivity index (χ2v) is 12.4. The molecule has 2 aliphatic rings. The molecule has 8 heteroatoms.